The quantitative estimate of drug-likeness (QED) is 0.398. The van der Waals surface area contributed by atoms with Crippen LogP contribution in [-0.2, 0) is 19.1 Å². The second-order valence-electron chi connectivity index (χ2n) is 11.3. The molecular weight excluding hydrogens is 518 g/mol. The molecule has 8 heteroatoms. The molecule has 2 aromatic carbocycles. The highest BCUT2D eigenvalue weighted by atomic mass is 16.5. The molecule has 8 nitrogen and oxygen atoms in total. The number of aliphatic hydroxyl groups excluding tert-OH is 1. The van der Waals surface area contributed by atoms with Crippen LogP contribution in [0.25, 0.3) is 0 Å². The summed E-state index contributed by atoms with van der Waals surface area (Å²) in [5.74, 6) is -2.47. The summed E-state index contributed by atoms with van der Waals surface area (Å²) in [7, 11) is 0. The van der Waals surface area contributed by atoms with E-state index >= 15 is 0 Å². The molecule has 4 aliphatic heterocycles. The van der Waals surface area contributed by atoms with Gasteiger partial charge in [-0.25, -0.2) is 0 Å². The predicted octanol–water partition coefficient (Wildman–Crippen LogP) is 3.49. The smallest absolute Gasteiger partial charge is 0.249 e. The molecule has 214 valence electrons. The molecule has 0 radical (unpaired) electrons. The number of rotatable bonds is 8. The maximum atomic E-state index is 14.6. The lowest BCUT2D eigenvalue weighted by molar-refractivity contribution is -0.150. The standard InChI is InChI=1S/C33H37N3O5/c1-2-3-10-19-34-20-12-18-33-28(27-26(41-33)17-11-21-35(30(27)38)24-15-8-5-9-16-24)31(39)36(29(33)32(34)40)25(22-37)23-13-6-4-7-14-23/h4-9,11-18,25-29,37H,2-3,10,19-22H2,1H3/t25-,26+,27-,28+,29?,33+/m1/s1. The van der Waals surface area contributed by atoms with Crippen molar-refractivity contribution in [3.63, 3.8) is 0 Å². The van der Waals surface area contributed by atoms with E-state index in [1.165, 1.54) is 4.90 Å². The van der Waals surface area contributed by atoms with Gasteiger partial charge in [-0.2, -0.15) is 0 Å². The lowest BCUT2D eigenvalue weighted by Crippen LogP contribution is -2.56. The van der Waals surface area contributed by atoms with Crippen LogP contribution in [-0.4, -0.2) is 76.6 Å². The van der Waals surface area contributed by atoms with Gasteiger partial charge in [-0.1, -0.05) is 92.6 Å². The van der Waals surface area contributed by atoms with Gasteiger partial charge in [-0.3, -0.25) is 14.4 Å². The molecule has 0 bridgehead atoms. The fourth-order valence-corrected chi connectivity index (χ4v) is 7.08. The van der Waals surface area contributed by atoms with E-state index in [0.717, 1.165) is 30.5 Å². The molecule has 1 N–H and O–H groups in total. The van der Waals surface area contributed by atoms with Gasteiger partial charge in [-0.15, -0.1) is 0 Å². The van der Waals surface area contributed by atoms with Crippen LogP contribution < -0.4 is 4.90 Å². The molecule has 2 saturated heterocycles. The summed E-state index contributed by atoms with van der Waals surface area (Å²) in [5, 5.41) is 10.7. The van der Waals surface area contributed by atoms with Crippen LogP contribution >= 0.6 is 0 Å². The van der Waals surface area contributed by atoms with Gasteiger partial charge in [0.1, 0.15) is 11.6 Å². The van der Waals surface area contributed by atoms with E-state index < -0.39 is 35.6 Å². The zero-order valence-electron chi connectivity index (χ0n) is 23.3. The molecule has 2 aromatic rings. The van der Waals surface area contributed by atoms with Gasteiger partial charge in [-0.05, 0) is 24.1 Å². The van der Waals surface area contributed by atoms with Crippen LogP contribution in [0.2, 0.25) is 0 Å². The minimum absolute atomic E-state index is 0.202. The van der Waals surface area contributed by atoms with Gasteiger partial charge in [0.05, 0.1) is 30.6 Å². The van der Waals surface area contributed by atoms with E-state index in [9.17, 15) is 19.5 Å². The Hall–Kier alpha value is -3.75. The van der Waals surface area contributed by atoms with E-state index in [0.29, 0.717) is 19.6 Å². The number of fused-ring (bicyclic) bond motifs is 2. The molecule has 6 rings (SSSR count). The Balaban J connectivity index is 1.46. The number of carbonyl (C=O) groups excluding carboxylic acids is 3. The van der Waals surface area contributed by atoms with Crippen LogP contribution in [0.15, 0.2) is 85.0 Å². The molecule has 3 amide bonds. The molecular formula is C33H37N3O5. The predicted molar refractivity (Wildman–Crippen MR) is 155 cm³/mol. The Labute approximate surface area is 240 Å². The summed E-state index contributed by atoms with van der Waals surface area (Å²) in [4.78, 5) is 48.3. The van der Waals surface area contributed by atoms with Crippen molar-refractivity contribution in [1.29, 1.82) is 0 Å². The zero-order chi connectivity index (χ0) is 28.6. The third-order valence-electron chi connectivity index (χ3n) is 8.97. The van der Waals surface area contributed by atoms with Crippen molar-refractivity contribution in [3.8, 4) is 0 Å². The normalized spacial score (nSPS) is 29.7. The Morgan fingerprint density at radius 2 is 1.66 bits per heavy atom. The topological polar surface area (TPSA) is 90.4 Å². The summed E-state index contributed by atoms with van der Waals surface area (Å²) in [5.41, 5.74) is 0.145. The monoisotopic (exact) mass is 555 g/mol. The second-order valence-corrected chi connectivity index (χ2v) is 11.3. The SMILES string of the molecule is CCCCCN1CC=C[C@]23O[C@H]4C=CCN(c5ccccc5)C(=O)[C@H]4[C@H]2C(=O)N([C@H](CO)c2ccccc2)C3C1=O. The van der Waals surface area contributed by atoms with Crippen molar-refractivity contribution in [2.75, 3.05) is 31.1 Å². The molecule has 2 fully saturated rings. The molecule has 1 spiro atoms. The maximum absolute atomic E-state index is 14.6. The number of hydrogen-bond acceptors (Lipinski definition) is 5. The highest BCUT2D eigenvalue weighted by molar-refractivity contribution is 6.04. The van der Waals surface area contributed by atoms with Gasteiger partial charge in [0.2, 0.25) is 17.7 Å². The van der Waals surface area contributed by atoms with Crippen molar-refractivity contribution < 1.29 is 24.2 Å². The molecule has 6 atom stereocenters. The lowest BCUT2D eigenvalue weighted by atomic mass is 9.77. The van der Waals surface area contributed by atoms with E-state index in [4.69, 9.17) is 4.74 Å². The highest BCUT2D eigenvalue weighted by Crippen LogP contribution is 2.55. The first kappa shape index (κ1) is 27.4. The molecule has 4 aliphatic rings. The van der Waals surface area contributed by atoms with Gasteiger partial charge in [0, 0.05) is 25.3 Å². The summed E-state index contributed by atoms with van der Waals surface area (Å²) < 4.78 is 6.76. The van der Waals surface area contributed by atoms with E-state index in [1.807, 2.05) is 85.0 Å². The molecule has 0 aliphatic carbocycles. The van der Waals surface area contributed by atoms with Crippen LogP contribution in [0.3, 0.4) is 0 Å². The number of amides is 3. The largest absolute Gasteiger partial charge is 0.394 e. The van der Waals surface area contributed by atoms with Crippen molar-refractivity contribution in [2.24, 2.45) is 11.8 Å². The molecule has 4 heterocycles. The van der Waals surface area contributed by atoms with E-state index in [-0.39, 0.29) is 24.3 Å². The fraction of sp³-hybridized carbons (Fsp3) is 0.424. The number of nitrogens with zero attached hydrogens (tertiary/aromatic N) is 3. The van der Waals surface area contributed by atoms with Crippen molar-refractivity contribution in [3.05, 3.63) is 90.5 Å². The van der Waals surface area contributed by atoms with E-state index in [1.54, 1.807) is 9.80 Å². The van der Waals surface area contributed by atoms with Crippen molar-refractivity contribution in [1.82, 2.24) is 9.80 Å². The fourth-order valence-electron chi connectivity index (χ4n) is 7.08. The minimum atomic E-state index is -1.33. The number of para-hydroxylation sites is 1. The molecule has 41 heavy (non-hydrogen) atoms. The summed E-state index contributed by atoms with van der Waals surface area (Å²) in [6, 6.07) is 16.9. The van der Waals surface area contributed by atoms with Crippen LogP contribution in [0, 0.1) is 11.8 Å². The van der Waals surface area contributed by atoms with Crippen LogP contribution in [0.1, 0.15) is 37.8 Å². The molecule has 0 aromatic heterocycles. The van der Waals surface area contributed by atoms with Crippen molar-refractivity contribution >= 4 is 23.4 Å². The first-order chi connectivity index (χ1) is 20.0. The maximum Gasteiger partial charge on any atom is 0.249 e. The zero-order valence-corrected chi connectivity index (χ0v) is 23.3. The van der Waals surface area contributed by atoms with Gasteiger partial charge in [0.25, 0.3) is 0 Å². The first-order valence-corrected chi connectivity index (χ1v) is 14.7. The van der Waals surface area contributed by atoms with Crippen LogP contribution in [0.4, 0.5) is 5.69 Å². The molecule has 0 saturated carbocycles. The Kier molecular flexibility index (Phi) is 7.53. The number of benzene rings is 2. The number of hydrogen-bond donors (Lipinski definition) is 1. The number of ether oxygens (including phenoxy) is 1. The summed E-state index contributed by atoms with van der Waals surface area (Å²) >= 11 is 0. The van der Waals surface area contributed by atoms with Crippen molar-refractivity contribution in [2.45, 2.75) is 50.0 Å². The third kappa shape index (κ3) is 4.50. The van der Waals surface area contributed by atoms with Gasteiger partial charge in [0.15, 0.2) is 0 Å². The second kappa shape index (κ2) is 11.3. The first-order valence-electron chi connectivity index (χ1n) is 14.7. The number of carbonyl (C=O) groups is 3. The van der Waals surface area contributed by atoms with Gasteiger partial charge < -0.3 is 24.5 Å². The highest BCUT2D eigenvalue weighted by Gasteiger charge is 2.72. The number of likely N-dealkylation sites (tertiary alicyclic amines) is 1. The number of anilines is 1. The number of aliphatic hydroxyl groups is 1. The van der Waals surface area contributed by atoms with Gasteiger partial charge >= 0.3 is 0 Å². The Morgan fingerprint density at radius 3 is 2.37 bits per heavy atom. The summed E-state index contributed by atoms with van der Waals surface area (Å²) in [6.07, 6.45) is 9.78. The van der Waals surface area contributed by atoms with Crippen LogP contribution in [0.5, 0.6) is 0 Å². The molecule has 1 unspecified atom stereocenters. The third-order valence-corrected chi connectivity index (χ3v) is 8.97. The van der Waals surface area contributed by atoms with E-state index in [2.05, 4.69) is 6.92 Å². The lowest BCUT2D eigenvalue weighted by Gasteiger charge is -2.38. The Morgan fingerprint density at radius 1 is 0.927 bits per heavy atom. The minimum Gasteiger partial charge on any atom is -0.394 e. The average Bonchev–Trinajstić information content (AvgIpc) is 3.31. The summed E-state index contributed by atoms with van der Waals surface area (Å²) in [6.45, 7) is 3.10. The number of unbranched alkanes of at least 4 members (excludes halogenated alkanes) is 2. The Bertz CT molecular complexity index is 1350. The average molecular weight is 556 g/mol.